The normalized spacial score (nSPS) is 34.4. The van der Waals surface area contributed by atoms with Gasteiger partial charge in [-0.05, 0) is 206 Å². The molecule has 0 amide bonds. The summed E-state index contributed by atoms with van der Waals surface area (Å²) in [6, 6.07) is 1.82. The van der Waals surface area contributed by atoms with Crippen molar-refractivity contribution in [1.82, 2.24) is 5.32 Å². The molecule has 22 rings (SSSR count). The van der Waals surface area contributed by atoms with Crippen LogP contribution in [-0.4, -0.2) is 50.2 Å². The minimum Gasteiger partial charge on any atom is -0.381 e. The first kappa shape index (κ1) is 90.9. The maximum atomic E-state index is 5.48. The van der Waals surface area contributed by atoms with Crippen molar-refractivity contribution in [2.24, 2.45) is 65.1 Å². The number of nitrogens with one attached hydrogen (secondary N) is 1. The highest BCUT2D eigenvalue weighted by Crippen LogP contribution is 2.53. The Morgan fingerprint density at radius 3 is 0.607 bits per heavy atom. The van der Waals surface area contributed by atoms with Gasteiger partial charge in [0, 0.05) is 31.9 Å². The predicted molar refractivity (Wildman–Crippen MR) is 404 cm³/mol. The van der Waals surface area contributed by atoms with E-state index in [-0.39, 0.29) is 0 Å². The van der Waals surface area contributed by atoms with E-state index in [4.69, 9.17) is 14.2 Å². The summed E-state index contributed by atoms with van der Waals surface area (Å²) in [5, 5.41) is 3.59. The number of hydrogen-bond donors (Lipinski definition) is 1. The summed E-state index contributed by atoms with van der Waals surface area (Å²) in [6.07, 6.45) is 70.6. The van der Waals surface area contributed by atoms with E-state index < -0.39 is 0 Å². The maximum absolute atomic E-state index is 5.48. The number of piperidine rings is 1. The second-order valence-corrected chi connectivity index (χ2v) is 27.7. The molecule has 7 saturated heterocycles. The monoisotopic (exact) mass is 1260 g/mol. The highest BCUT2D eigenvalue weighted by molar-refractivity contribution is 4.92. The second-order valence-electron chi connectivity index (χ2n) is 27.7. The van der Waals surface area contributed by atoms with E-state index in [0.717, 1.165) is 61.5 Å². The zero-order chi connectivity index (χ0) is 66.7. The van der Waals surface area contributed by atoms with Crippen LogP contribution in [0.15, 0.2) is 0 Å². The van der Waals surface area contributed by atoms with Crippen molar-refractivity contribution in [3.05, 3.63) is 0 Å². The fourth-order valence-corrected chi connectivity index (χ4v) is 16.9. The van der Waals surface area contributed by atoms with Crippen LogP contribution in [0.1, 0.15) is 434 Å². The third-order valence-electron chi connectivity index (χ3n) is 22.2. The van der Waals surface area contributed by atoms with Gasteiger partial charge in [-0.15, -0.1) is 0 Å². The molecule has 4 atom stereocenters. The summed E-state index contributed by atoms with van der Waals surface area (Å²) >= 11 is 0. The molecular formula is C85H175NO3. The Morgan fingerprint density at radius 1 is 0.202 bits per heavy atom. The highest BCUT2D eigenvalue weighted by atomic mass is 16.5. The molecule has 15 saturated carbocycles. The summed E-state index contributed by atoms with van der Waals surface area (Å²) in [6.45, 7) is 43.1. The third-order valence-corrected chi connectivity index (χ3v) is 22.2. The van der Waals surface area contributed by atoms with Crippen LogP contribution in [0, 0.1) is 65.1 Å². The van der Waals surface area contributed by atoms with Crippen LogP contribution in [0.25, 0.3) is 0 Å². The van der Waals surface area contributed by atoms with Gasteiger partial charge in [0.2, 0.25) is 0 Å². The van der Waals surface area contributed by atoms with Crippen LogP contribution in [-0.2, 0) is 14.2 Å². The largest absolute Gasteiger partial charge is 0.381 e. The smallest absolute Gasteiger partial charge is 0.0580 e. The van der Waals surface area contributed by atoms with Crippen LogP contribution in [0.4, 0.5) is 0 Å². The predicted octanol–water partition coefficient (Wildman–Crippen LogP) is 28.6. The van der Waals surface area contributed by atoms with Gasteiger partial charge >= 0.3 is 0 Å². The summed E-state index contributed by atoms with van der Waals surface area (Å²) < 4.78 is 16.0. The van der Waals surface area contributed by atoms with Crippen LogP contribution in [0.5, 0.6) is 0 Å². The first-order chi connectivity index (χ1) is 44.1. The van der Waals surface area contributed by atoms with Crippen LogP contribution in [0.3, 0.4) is 0 Å². The Kier molecular flexibility index (Phi) is 66.5. The van der Waals surface area contributed by atoms with Gasteiger partial charge in [0.1, 0.15) is 0 Å². The molecule has 4 heteroatoms. The molecule has 7 heterocycles. The van der Waals surface area contributed by atoms with Crippen molar-refractivity contribution in [2.75, 3.05) is 19.8 Å². The van der Waals surface area contributed by atoms with E-state index in [9.17, 15) is 0 Å². The van der Waals surface area contributed by atoms with Gasteiger partial charge in [-0.25, -0.2) is 0 Å². The van der Waals surface area contributed by atoms with Crippen LogP contribution in [0.2, 0.25) is 0 Å². The third kappa shape index (κ3) is 41.5. The highest BCUT2D eigenvalue weighted by Gasteiger charge is 2.41. The molecule has 15 aliphatic carbocycles. The van der Waals surface area contributed by atoms with Crippen molar-refractivity contribution in [2.45, 2.75) is 464 Å². The van der Waals surface area contributed by atoms with Gasteiger partial charge in [-0.2, -0.15) is 0 Å². The fraction of sp³-hybridized carbons (Fsp3) is 1.00. The molecule has 0 spiro atoms. The molecule has 0 aromatic heterocycles. The first-order valence-electron chi connectivity index (χ1n) is 42.7. The summed E-state index contributed by atoms with van der Waals surface area (Å²) in [5.74, 6) is 12.7. The number of hydrogen-bond acceptors (Lipinski definition) is 4. The molecule has 1 N–H and O–H groups in total. The lowest BCUT2D eigenvalue weighted by Gasteiger charge is -2.49. The molecule has 538 valence electrons. The lowest BCUT2D eigenvalue weighted by atomic mass is 9.56. The maximum Gasteiger partial charge on any atom is 0.0580 e. The van der Waals surface area contributed by atoms with Gasteiger partial charge in [0.25, 0.3) is 0 Å². The Labute approximate surface area is 565 Å². The van der Waals surface area contributed by atoms with Crippen molar-refractivity contribution in [3.8, 4) is 0 Å². The second kappa shape index (κ2) is 65.1. The molecule has 89 heavy (non-hydrogen) atoms. The van der Waals surface area contributed by atoms with Crippen molar-refractivity contribution in [1.29, 1.82) is 0 Å². The average Bonchev–Trinajstić information content (AvgIpc) is 3.37. The van der Waals surface area contributed by atoms with Crippen molar-refractivity contribution < 1.29 is 14.2 Å². The lowest BCUT2D eigenvalue weighted by molar-refractivity contribution is -0.0615. The molecule has 0 radical (unpaired) electrons. The van der Waals surface area contributed by atoms with Gasteiger partial charge in [0.15, 0.2) is 0 Å². The SMILES string of the molecule is C1C2CC1C2.C1CC2CC1C2.C1CC2CCC(C1)C2.C1CC2CCC1C2.C1CC2CCC1CC2.C1CC2CCC1CO2.C1CC2CCC1O2.C1CCCCC1.C1CCOCC1.C1C[C@@H]2CC[C@H](C1)N2.CC.CC.CC.CC.CC.CC.CC.CC.CC.CC. The first-order valence-corrected chi connectivity index (χ1v) is 42.7. The Balaban J connectivity index is 0. The zero-order valence-electron chi connectivity index (χ0n) is 65.6. The molecule has 0 aromatic carbocycles. The topological polar surface area (TPSA) is 39.7 Å². The fourth-order valence-electron chi connectivity index (χ4n) is 16.9. The van der Waals surface area contributed by atoms with E-state index in [2.05, 4.69) is 5.32 Å². The summed E-state index contributed by atoms with van der Waals surface area (Å²) in [7, 11) is 0. The lowest BCUT2D eigenvalue weighted by Crippen LogP contribution is -2.38. The molecule has 0 aromatic rings. The molecule has 16 bridgehead atoms. The Morgan fingerprint density at radius 2 is 0.449 bits per heavy atom. The molecule has 2 unspecified atom stereocenters. The van der Waals surface area contributed by atoms with Gasteiger partial charge in [-0.3, -0.25) is 0 Å². The van der Waals surface area contributed by atoms with E-state index in [1.54, 1.807) is 148 Å². The Hall–Kier alpha value is -0.160. The van der Waals surface area contributed by atoms with E-state index in [1.165, 1.54) is 183 Å². The molecule has 22 aliphatic rings. The van der Waals surface area contributed by atoms with Crippen molar-refractivity contribution in [3.63, 3.8) is 0 Å². The minimum atomic E-state index is 0.653. The summed E-state index contributed by atoms with van der Waals surface area (Å²) in [5.41, 5.74) is 0. The van der Waals surface area contributed by atoms with E-state index in [1.807, 2.05) is 138 Å². The molecule has 4 nitrogen and oxygen atoms in total. The average molecular weight is 1260 g/mol. The molecule has 22 fully saturated rings. The molecular weight excluding hydrogens is 1080 g/mol. The standard InChI is InChI=1S/2C8H14.C7H13N.C7H12O.C7H12.C6H10O.C6H10.C6H12.C5H10O.C5H8.10C2H6/c1-2-8-5-3-7(1)4-6-8;1-2-7-4-5-8(3-1)6-7;1-2-6-4-5-7(3-1)8-6;1-3-7-4-2-6(1)5-8-7;1-2-7-4-3-6(1)5-7;1-2-6-4-3-5(1)7-6;1-2-6-3-5(1)4-6;2*1-2-4-6-5-3-1;1-4-2-5(1)3-4;10*1-2/h2*7-8H,1-6H2;6-8H,1-5H2;6-7H,1-5H2;6-7H,1-5H2;5-6H,1-4H2;5-6H,1-4H2;1-6H2;1-5H2;4-5H,1-3H2;10*1-2H3/t;;6-,7+;;;;;;;;;;;;;;;;;. The Bertz CT molecular complexity index is 1070. The van der Waals surface area contributed by atoms with Crippen molar-refractivity contribution >= 4 is 0 Å². The molecule has 7 aliphatic heterocycles. The van der Waals surface area contributed by atoms with E-state index >= 15 is 0 Å². The van der Waals surface area contributed by atoms with Gasteiger partial charge < -0.3 is 19.5 Å². The van der Waals surface area contributed by atoms with Gasteiger partial charge in [-0.1, -0.05) is 293 Å². The van der Waals surface area contributed by atoms with Crippen LogP contribution >= 0.6 is 0 Å². The van der Waals surface area contributed by atoms with Gasteiger partial charge in [0.05, 0.1) is 18.3 Å². The number of rotatable bonds is 0. The minimum absolute atomic E-state index is 0.653. The van der Waals surface area contributed by atoms with Crippen LogP contribution < -0.4 is 5.32 Å². The quantitative estimate of drug-likeness (QED) is 0.262. The zero-order valence-corrected chi connectivity index (χ0v) is 65.6. The van der Waals surface area contributed by atoms with E-state index in [0.29, 0.717) is 18.3 Å². The number of fused-ring (bicyclic) bond motifs is 15. The summed E-state index contributed by atoms with van der Waals surface area (Å²) in [4.78, 5) is 0. The number of ether oxygens (including phenoxy) is 3.